The van der Waals surface area contributed by atoms with Gasteiger partial charge in [-0.3, -0.25) is 4.79 Å². The van der Waals surface area contributed by atoms with Crippen molar-refractivity contribution in [3.8, 4) is 0 Å². The van der Waals surface area contributed by atoms with Gasteiger partial charge in [0.15, 0.2) is 0 Å². The van der Waals surface area contributed by atoms with Crippen molar-refractivity contribution in [1.82, 2.24) is 20.2 Å². The standard InChI is InChI=1S/C27H31F3N6O2/c1-17-5-4-6-21(25(37)31-2)23(17)34-24-22(27(28,29)30)16-32-26(35-24)33-20-8-7-18-9-11-36(13-14-38-3)12-10-19(18)15-20/h4-8,15-16H,9-14H2,1-3H3,(H,31,37)(H2,32,33,34,35). The SMILES string of the molecule is CNC(=O)c1cccc(C)c1Nc1nc(Nc2ccc3c(c2)CCN(CCOC)CC3)ncc1C(F)(F)F. The summed E-state index contributed by atoms with van der Waals surface area (Å²) >= 11 is 0. The predicted molar refractivity (Wildman–Crippen MR) is 140 cm³/mol. The van der Waals surface area contributed by atoms with Gasteiger partial charge in [0.25, 0.3) is 5.91 Å². The molecule has 2 heterocycles. The highest BCUT2D eigenvalue weighted by Crippen LogP contribution is 2.36. The molecule has 3 N–H and O–H groups in total. The maximum atomic E-state index is 13.8. The van der Waals surface area contributed by atoms with Crippen LogP contribution in [0.25, 0.3) is 0 Å². The largest absolute Gasteiger partial charge is 0.421 e. The highest BCUT2D eigenvalue weighted by molar-refractivity contribution is 6.00. The topological polar surface area (TPSA) is 91.4 Å². The molecule has 0 saturated carbocycles. The first-order chi connectivity index (χ1) is 18.2. The van der Waals surface area contributed by atoms with E-state index < -0.39 is 23.5 Å². The normalized spacial score (nSPS) is 13.9. The summed E-state index contributed by atoms with van der Waals surface area (Å²) in [6.07, 6.45) is -2.19. The van der Waals surface area contributed by atoms with E-state index in [1.807, 2.05) is 18.2 Å². The van der Waals surface area contributed by atoms with Crippen molar-refractivity contribution in [3.05, 3.63) is 70.4 Å². The number of alkyl halides is 3. The molecule has 0 aliphatic carbocycles. The smallest absolute Gasteiger partial charge is 0.383 e. The lowest BCUT2D eigenvalue weighted by Gasteiger charge is -2.18. The van der Waals surface area contributed by atoms with Crippen LogP contribution in [-0.4, -0.2) is 61.2 Å². The van der Waals surface area contributed by atoms with Crippen molar-refractivity contribution in [3.63, 3.8) is 0 Å². The van der Waals surface area contributed by atoms with E-state index in [2.05, 4.69) is 30.8 Å². The number of anilines is 4. The van der Waals surface area contributed by atoms with E-state index in [1.165, 1.54) is 24.2 Å². The van der Waals surface area contributed by atoms with Crippen LogP contribution in [0.4, 0.5) is 36.3 Å². The number of halogens is 3. The molecule has 0 spiro atoms. The highest BCUT2D eigenvalue weighted by atomic mass is 19.4. The summed E-state index contributed by atoms with van der Waals surface area (Å²) in [6.45, 7) is 5.09. The van der Waals surface area contributed by atoms with Crippen LogP contribution in [0.5, 0.6) is 0 Å². The maximum absolute atomic E-state index is 13.8. The Kier molecular flexibility index (Phi) is 8.48. The lowest BCUT2D eigenvalue weighted by molar-refractivity contribution is -0.137. The highest BCUT2D eigenvalue weighted by Gasteiger charge is 2.36. The van der Waals surface area contributed by atoms with Gasteiger partial charge in [-0.25, -0.2) is 4.98 Å². The van der Waals surface area contributed by atoms with Crippen molar-refractivity contribution in [2.24, 2.45) is 0 Å². The Morgan fingerprint density at radius 1 is 1.11 bits per heavy atom. The van der Waals surface area contributed by atoms with Gasteiger partial charge in [-0.05, 0) is 54.7 Å². The summed E-state index contributed by atoms with van der Waals surface area (Å²) in [5, 5.41) is 8.31. The zero-order valence-corrected chi connectivity index (χ0v) is 21.6. The fourth-order valence-corrected chi connectivity index (χ4v) is 4.44. The molecule has 0 fully saturated rings. The number of ether oxygens (including phenoxy) is 1. The van der Waals surface area contributed by atoms with Gasteiger partial charge in [0.2, 0.25) is 5.95 Å². The molecule has 0 atom stereocenters. The van der Waals surface area contributed by atoms with E-state index >= 15 is 0 Å². The number of aromatic nitrogens is 2. The van der Waals surface area contributed by atoms with Crippen LogP contribution >= 0.6 is 0 Å². The van der Waals surface area contributed by atoms with Crippen molar-refractivity contribution >= 4 is 29.0 Å². The fraction of sp³-hybridized carbons (Fsp3) is 0.370. The predicted octanol–water partition coefficient (Wildman–Crippen LogP) is 4.70. The van der Waals surface area contributed by atoms with Gasteiger partial charge in [-0.2, -0.15) is 18.2 Å². The Morgan fingerprint density at radius 2 is 1.87 bits per heavy atom. The lowest BCUT2D eigenvalue weighted by Crippen LogP contribution is -2.29. The van der Waals surface area contributed by atoms with E-state index in [0.29, 0.717) is 17.9 Å². The van der Waals surface area contributed by atoms with Crippen LogP contribution in [0.2, 0.25) is 0 Å². The molecule has 38 heavy (non-hydrogen) atoms. The molecule has 4 rings (SSSR count). The minimum atomic E-state index is -4.70. The van der Waals surface area contributed by atoms with Gasteiger partial charge in [0, 0.05) is 45.7 Å². The van der Waals surface area contributed by atoms with Gasteiger partial charge >= 0.3 is 6.18 Å². The molecule has 0 bridgehead atoms. The molecule has 1 aliphatic rings. The third-order valence-corrected chi connectivity index (χ3v) is 6.55. The van der Waals surface area contributed by atoms with Crippen molar-refractivity contribution in [1.29, 1.82) is 0 Å². The molecule has 202 valence electrons. The first kappa shape index (κ1) is 27.3. The summed E-state index contributed by atoms with van der Waals surface area (Å²) in [5.74, 6) is -0.869. The van der Waals surface area contributed by atoms with Crippen LogP contribution in [0.15, 0.2) is 42.6 Å². The Labute approximate surface area is 219 Å². The zero-order valence-electron chi connectivity index (χ0n) is 21.6. The Balaban J connectivity index is 1.61. The number of nitrogens with one attached hydrogen (secondary N) is 3. The minimum Gasteiger partial charge on any atom is -0.383 e. The molecule has 1 amide bonds. The first-order valence-electron chi connectivity index (χ1n) is 12.3. The van der Waals surface area contributed by atoms with E-state index in [1.54, 1.807) is 26.2 Å². The monoisotopic (exact) mass is 528 g/mol. The first-order valence-corrected chi connectivity index (χ1v) is 12.3. The van der Waals surface area contributed by atoms with E-state index in [4.69, 9.17) is 4.74 Å². The second-order valence-corrected chi connectivity index (χ2v) is 9.10. The molecule has 3 aromatic rings. The van der Waals surface area contributed by atoms with Gasteiger partial charge in [0.05, 0.1) is 17.9 Å². The number of aryl methyl sites for hydroxylation is 1. The van der Waals surface area contributed by atoms with E-state index in [0.717, 1.165) is 38.7 Å². The van der Waals surface area contributed by atoms with Crippen LogP contribution in [0, 0.1) is 6.92 Å². The van der Waals surface area contributed by atoms with Crippen LogP contribution in [0.3, 0.4) is 0 Å². The molecule has 11 heteroatoms. The summed E-state index contributed by atoms with van der Waals surface area (Å²) in [4.78, 5) is 22.8. The minimum absolute atomic E-state index is 0.00544. The fourth-order valence-electron chi connectivity index (χ4n) is 4.44. The third-order valence-electron chi connectivity index (χ3n) is 6.55. The Hall–Kier alpha value is -3.70. The van der Waals surface area contributed by atoms with Gasteiger partial charge in [0.1, 0.15) is 11.4 Å². The number of carbonyl (C=O) groups excluding carboxylic acids is 1. The molecule has 0 saturated heterocycles. The Morgan fingerprint density at radius 3 is 2.58 bits per heavy atom. The van der Waals surface area contributed by atoms with Gasteiger partial charge in [-0.15, -0.1) is 0 Å². The second kappa shape index (κ2) is 11.8. The molecule has 2 aromatic carbocycles. The van der Waals surface area contributed by atoms with Crippen molar-refractivity contribution < 1.29 is 22.7 Å². The van der Waals surface area contributed by atoms with Crippen molar-refractivity contribution in [2.45, 2.75) is 25.9 Å². The molecule has 8 nitrogen and oxygen atoms in total. The average molecular weight is 529 g/mol. The summed E-state index contributed by atoms with van der Waals surface area (Å²) in [5.41, 5.74) is 3.11. The number of rotatable bonds is 8. The number of benzene rings is 2. The van der Waals surface area contributed by atoms with E-state index in [-0.39, 0.29) is 17.2 Å². The molecule has 0 unspecified atom stereocenters. The van der Waals surface area contributed by atoms with Gasteiger partial charge < -0.3 is 25.6 Å². The number of methoxy groups -OCH3 is 1. The quantitative estimate of drug-likeness (QED) is 0.391. The zero-order chi connectivity index (χ0) is 27.3. The second-order valence-electron chi connectivity index (χ2n) is 9.10. The number of hydrogen-bond donors (Lipinski definition) is 3. The number of carbonyl (C=O) groups is 1. The van der Waals surface area contributed by atoms with Crippen LogP contribution in [0.1, 0.15) is 32.6 Å². The average Bonchev–Trinajstić information content (AvgIpc) is 3.09. The summed E-state index contributed by atoms with van der Waals surface area (Å²) in [7, 11) is 3.15. The van der Waals surface area contributed by atoms with Crippen molar-refractivity contribution in [2.75, 3.05) is 51.0 Å². The summed E-state index contributed by atoms with van der Waals surface area (Å²) in [6, 6.07) is 10.8. The van der Waals surface area contributed by atoms with E-state index in [9.17, 15) is 18.0 Å². The van der Waals surface area contributed by atoms with Gasteiger partial charge in [-0.1, -0.05) is 18.2 Å². The number of nitrogens with zero attached hydrogens (tertiary/aromatic N) is 3. The molecule has 1 aromatic heterocycles. The lowest BCUT2D eigenvalue weighted by atomic mass is 10.0. The Bertz CT molecular complexity index is 1300. The molecular weight excluding hydrogens is 497 g/mol. The molecule has 0 radical (unpaired) electrons. The number of para-hydroxylation sites is 1. The number of fused-ring (bicyclic) bond motifs is 1. The maximum Gasteiger partial charge on any atom is 0.421 e. The number of amides is 1. The van der Waals surface area contributed by atoms with Crippen LogP contribution < -0.4 is 16.0 Å². The molecular formula is C27H31F3N6O2. The number of hydrogen-bond acceptors (Lipinski definition) is 7. The van der Waals surface area contributed by atoms with Crippen LogP contribution in [-0.2, 0) is 23.8 Å². The molecule has 1 aliphatic heterocycles. The summed E-state index contributed by atoms with van der Waals surface area (Å²) < 4.78 is 46.7. The third kappa shape index (κ3) is 6.40.